The van der Waals surface area contributed by atoms with Crippen LogP contribution < -0.4 is 0 Å². The fourth-order valence-corrected chi connectivity index (χ4v) is 8.10. The fourth-order valence-electron chi connectivity index (χ4n) is 8.10. The molecule has 6 heteroatoms. The third-order valence-electron chi connectivity index (χ3n) is 12.9. The van der Waals surface area contributed by atoms with E-state index in [-0.39, 0.29) is 37.5 Å². The minimum absolute atomic E-state index is 0.121. The molecule has 0 radical (unpaired) electrons. The Bertz CT molecular complexity index is 1900. The van der Waals surface area contributed by atoms with E-state index < -0.39 is 6.10 Å². The topological polar surface area (TPSA) is 78.9 Å². The first-order valence-corrected chi connectivity index (χ1v) is 32.3. The lowest BCUT2D eigenvalue weighted by molar-refractivity contribution is -0.167. The number of ether oxygens (including phenoxy) is 3. The number of carbonyl (C=O) groups is 3. The molecule has 0 saturated heterocycles. The molecule has 0 rings (SSSR count). The van der Waals surface area contributed by atoms with E-state index in [0.29, 0.717) is 19.3 Å². The van der Waals surface area contributed by atoms with Crippen LogP contribution in [0.2, 0.25) is 0 Å². The molecule has 0 saturated carbocycles. The predicted octanol–water partition coefficient (Wildman–Crippen LogP) is 22.4. The van der Waals surface area contributed by atoms with Crippen molar-refractivity contribution >= 4 is 17.9 Å². The van der Waals surface area contributed by atoms with E-state index in [1.165, 1.54) is 44.9 Å². The van der Waals surface area contributed by atoms with Gasteiger partial charge in [0.25, 0.3) is 0 Å². The third kappa shape index (κ3) is 65.2. The van der Waals surface area contributed by atoms with Gasteiger partial charge in [0.1, 0.15) is 13.2 Å². The highest BCUT2D eigenvalue weighted by molar-refractivity contribution is 5.71. The highest BCUT2D eigenvalue weighted by Gasteiger charge is 2.19. The lowest BCUT2D eigenvalue weighted by Crippen LogP contribution is -2.30. The zero-order valence-corrected chi connectivity index (χ0v) is 51.7. The summed E-state index contributed by atoms with van der Waals surface area (Å²) >= 11 is 0. The van der Waals surface area contributed by atoms with Crippen molar-refractivity contribution in [2.45, 2.75) is 258 Å². The van der Waals surface area contributed by atoms with Gasteiger partial charge in [0, 0.05) is 19.3 Å². The summed E-state index contributed by atoms with van der Waals surface area (Å²) in [5, 5.41) is 0. The average Bonchev–Trinajstić information content (AvgIpc) is 3.47. The van der Waals surface area contributed by atoms with Gasteiger partial charge in [-0.3, -0.25) is 14.4 Å². The first-order chi connectivity index (χ1) is 40.0. The molecule has 0 N–H and O–H groups in total. The van der Waals surface area contributed by atoms with Gasteiger partial charge < -0.3 is 14.2 Å². The zero-order valence-electron chi connectivity index (χ0n) is 51.7. The number of allylic oxidation sites excluding steroid dienone is 30. The van der Waals surface area contributed by atoms with E-state index >= 15 is 0 Å². The SMILES string of the molecule is CC/C=C\C/C=C\C/C=C\C/C=C\C/C=C\C/C=C\C/C=C\C/C=C\C/C=C\CCCCCC(=O)OCC(COC(=O)CCCC/C=C\C/C=C\C/C=C\C/C=C\CC)OC(=O)CCCCCCCCC/C=C\C/C=C\CCCCC. The highest BCUT2D eigenvalue weighted by Crippen LogP contribution is 2.13. The van der Waals surface area contributed by atoms with Gasteiger partial charge in [0.2, 0.25) is 0 Å². The number of rotatable bonds is 56. The van der Waals surface area contributed by atoms with E-state index in [1.807, 2.05) is 0 Å². The van der Waals surface area contributed by atoms with Crippen LogP contribution in [-0.2, 0) is 28.6 Å². The van der Waals surface area contributed by atoms with Crippen molar-refractivity contribution in [3.63, 3.8) is 0 Å². The van der Waals surface area contributed by atoms with Gasteiger partial charge in [-0.05, 0) is 161 Å². The summed E-state index contributed by atoms with van der Waals surface area (Å²) in [6, 6.07) is 0. The molecule has 0 aromatic carbocycles. The van der Waals surface area contributed by atoms with Crippen LogP contribution in [0.1, 0.15) is 252 Å². The highest BCUT2D eigenvalue weighted by atomic mass is 16.6. The van der Waals surface area contributed by atoms with E-state index in [4.69, 9.17) is 14.2 Å². The summed E-state index contributed by atoms with van der Waals surface area (Å²) in [6.45, 7) is 6.30. The molecule has 1 unspecified atom stereocenters. The zero-order chi connectivity index (χ0) is 58.5. The van der Waals surface area contributed by atoms with Gasteiger partial charge in [-0.1, -0.05) is 254 Å². The minimum Gasteiger partial charge on any atom is -0.462 e. The Hall–Kier alpha value is -5.49. The number of hydrogen-bond acceptors (Lipinski definition) is 6. The molecule has 0 aromatic heterocycles. The van der Waals surface area contributed by atoms with Crippen LogP contribution in [0.25, 0.3) is 0 Å². The van der Waals surface area contributed by atoms with Gasteiger partial charge in [0.15, 0.2) is 6.10 Å². The van der Waals surface area contributed by atoms with Gasteiger partial charge in [-0.15, -0.1) is 0 Å². The molecule has 0 heterocycles. The lowest BCUT2D eigenvalue weighted by Gasteiger charge is -2.18. The van der Waals surface area contributed by atoms with Crippen molar-refractivity contribution in [1.82, 2.24) is 0 Å². The van der Waals surface area contributed by atoms with Gasteiger partial charge in [0.05, 0.1) is 0 Å². The van der Waals surface area contributed by atoms with Crippen molar-refractivity contribution < 1.29 is 28.6 Å². The molecular formula is C75H116O6. The molecule has 0 spiro atoms. The van der Waals surface area contributed by atoms with Gasteiger partial charge >= 0.3 is 17.9 Å². The van der Waals surface area contributed by atoms with Crippen molar-refractivity contribution in [2.24, 2.45) is 0 Å². The van der Waals surface area contributed by atoms with Gasteiger partial charge in [-0.25, -0.2) is 0 Å². The second kappa shape index (κ2) is 67.0. The monoisotopic (exact) mass is 1110 g/mol. The summed E-state index contributed by atoms with van der Waals surface area (Å²) in [7, 11) is 0. The van der Waals surface area contributed by atoms with Gasteiger partial charge in [-0.2, -0.15) is 0 Å². The molecule has 81 heavy (non-hydrogen) atoms. The molecule has 1 atom stereocenters. The van der Waals surface area contributed by atoms with E-state index in [0.717, 1.165) is 161 Å². The molecule has 0 amide bonds. The van der Waals surface area contributed by atoms with E-state index in [1.54, 1.807) is 0 Å². The Morgan fingerprint density at radius 1 is 0.259 bits per heavy atom. The van der Waals surface area contributed by atoms with Crippen molar-refractivity contribution in [2.75, 3.05) is 13.2 Å². The van der Waals surface area contributed by atoms with Crippen LogP contribution in [0.5, 0.6) is 0 Å². The molecule has 0 aliphatic carbocycles. The molecule has 0 aliphatic rings. The maximum absolute atomic E-state index is 12.9. The van der Waals surface area contributed by atoms with Crippen molar-refractivity contribution in [1.29, 1.82) is 0 Å². The predicted molar refractivity (Wildman–Crippen MR) is 352 cm³/mol. The Labute approximate surface area is 497 Å². The second-order valence-corrected chi connectivity index (χ2v) is 20.5. The quantitative estimate of drug-likeness (QED) is 0.0261. The first-order valence-electron chi connectivity index (χ1n) is 32.3. The molecule has 6 nitrogen and oxygen atoms in total. The normalized spacial score (nSPS) is 13.4. The number of hydrogen-bond donors (Lipinski definition) is 0. The number of esters is 3. The molecular weight excluding hydrogens is 997 g/mol. The van der Waals surface area contributed by atoms with Crippen LogP contribution in [-0.4, -0.2) is 37.2 Å². The molecule has 452 valence electrons. The summed E-state index contributed by atoms with van der Waals surface area (Å²) in [6.07, 6.45) is 100. The van der Waals surface area contributed by atoms with Crippen LogP contribution in [0.4, 0.5) is 0 Å². The Morgan fingerprint density at radius 3 is 0.790 bits per heavy atom. The maximum Gasteiger partial charge on any atom is 0.306 e. The number of unbranched alkanes of at least 4 members (excludes halogenated alkanes) is 15. The van der Waals surface area contributed by atoms with Crippen LogP contribution in [0.3, 0.4) is 0 Å². The van der Waals surface area contributed by atoms with Crippen LogP contribution in [0, 0.1) is 0 Å². The van der Waals surface area contributed by atoms with Crippen LogP contribution >= 0.6 is 0 Å². The van der Waals surface area contributed by atoms with Crippen molar-refractivity contribution in [3.8, 4) is 0 Å². The second-order valence-electron chi connectivity index (χ2n) is 20.5. The fraction of sp³-hybridized carbons (Fsp3) is 0.560. The molecule has 0 aliphatic heterocycles. The smallest absolute Gasteiger partial charge is 0.306 e. The first kappa shape index (κ1) is 75.5. The average molecular weight is 1110 g/mol. The lowest BCUT2D eigenvalue weighted by atomic mass is 10.1. The van der Waals surface area contributed by atoms with Crippen molar-refractivity contribution in [3.05, 3.63) is 182 Å². The maximum atomic E-state index is 12.9. The standard InChI is InChI=1S/C75H116O6/c1-4-7-10-13-16-19-22-25-28-30-31-32-33-34-35-36-37-38-39-40-41-42-43-45-47-50-53-56-59-62-65-68-74(77)80-71-72(70-79-73(76)67-64-61-58-55-52-49-46-27-24-21-18-15-12-9-6-3)81-75(78)69-66-63-60-57-54-51-48-44-29-26-23-20-17-14-11-8-5-2/h7,9-10,12,16-21,25-29,31-32,34-35,37-38,40-41,43,45-46,50,52-53,55,72H,4-6,8,11,13-15,22-24,30,33,36,39,42,44,47-49,51,54,56-71H2,1-3H3/b10-7-,12-9-,19-16-,20-17-,21-18-,28-25-,29-26-,32-31-,35-34-,38-37-,41-40-,45-43-,46-27-,53-50-,55-52-. The molecule has 0 fully saturated rings. The van der Waals surface area contributed by atoms with E-state index in [9.17, 15) is 14.4 Å². The third-order valence-corrected chi connectivity index (χ3v) is 12.9. The largest absolute Gasteiger partial charge is 0.462 e. The summed E-state index contributed by atoms with van der Waals surface area (Å²) in [4.78, 5) is 38.3. The Kier molecular flexibility index (Phi) is 62.5. The van der Waals surface area contributed by atoms with E-state index in [2.05, 4.69) is 203 Å². The van der Waals surface area contributed by atoms with Crippen LogP contribution in [0.15, 0.2) is 182 Å². The number of carbonyl (C=O) groups excluding carboxylic acids is 3. The minimum atomic E-state index is -0.825. The Balaban J connectivity index is 4.48. The molecule has 0 aromatic rings. The summed E-state index contributed by atoms with van der Waals surface area (Å²) in [5.74, 6) is -1.01. The molecule has 0 bridgehead atoms. The summed E-state index contributed by atoms with van der Waals surface area (Å²) in [5.41, 5.74) is 0. The Morgan fingerprint density at radius 2 is 0.481 bits per heavy atom. The summed E-state index contributed by atoms with van der Waals surface area (Å²) < 4.78 is 16.8.